The molecule has 0 spiro atoms. The summed E-state index contributed by atoms with van der Waals surface area (Å²) < 4.78 is 5.67. The van der Waals surface area contributed by atoms with Crippen molar-refractivity contribution >= 4 is 28.9 Å². The average molecular weight is 498 g/mol. The van der Waals surface area contributed by atoms with Gasteiger partial charge in [0.25, 0.3) is 5.91 Å². The van der Waals surface area contributed by atoms with Crippen molar-refractivity contribution in [3.8, 4) is 5.75 Å². The van der Waals surface area contributed by atoms with Crippen LogP contribution < -0.4 is 15.4 Å². The molecule has 1 heterocycles. The molecule has 2 aromatic rings. The van der Waals surface area contributed by atoms with E-state index in [2.05, 4.69) is 43.5 Å². The Morgan fingerprint density at radius 1 is 1.09 bits per heavy atom. The number of methoxy groups -OCH3 is 1. The molecule has 6 nitrogen and oxygen atoms in total. The molecule has 0 radical (unpaired) electrons. The second kappa shape index (κ2) is 13.8. The van der Waals surface area contributed by atoms with Gasteiger partial charge < -0.3 is 15.4 Å². The number of allylic oxidation sites excluding steroid dienone is 1. The smallest absolute Gasteiger partial charge is 0.269 e. The lowest BCUT2D eigenvalue weighted by atomic mass is 9.94. The fraction of sp³-hybridized carbons (Fsp3) is 0.464. The molecule has 0 unspecified atom stereocenters. The zero-order chi connectivity index (χ0) is 26.0. The van der Waals surface area contributed by atoms with Crippen molar-refractivity contribution in [3.05, 3.63) is 62.5 Å². The molecule has 190 valence electrons. The van der Waals surface area contributed by atoms with Crippen LogP contribution in [0.3, 0.4) is 0 Å². The summed E-state index contributed by atoms with van der Waals surface area (Å²) in [5, 5.41) is 7.58. The lowest BCUT2D eigenvalue weighted by Crippen LogP contribution is -2.34. The van der Waals surface area contributed by atoms with E-state index in [0.29, 0.717) is 31.1 Å². The number of rotatable bonds is 12. The maximum Gasteiger partial charge on any atom is 0.269 e. The van der Waals surface area contributed by atoms with E-state index in [1.165, 1.54) is 23.6 Å². The molecule has 2 rings (SSSR count). The van der Waals surface area contributed by atoms with Gasteiger partial charge in [0.2, 0.25) is 5.91 Å². The number of aliphatic imine (C=N–C) groups is 1. The predicted octanol–water partition coefficient (Wildman–Crippen LogP) is 5.23. The number of hydrogen-bond donors (Lipinski definition) is 2. The van der Waals surface area contributed by atoms with Crippen molar-refractivity contribution in [2.45, 2.75) is 60.8 Å². The third-order valence-corrected chi connectivity index (χ3v) is 6.68. The maximum atomic E-state index is 13.1. The molecule has 2 N–H and O–H groups in total. The second-order valence-electron chi connectivity index (χ2n) is 9.23. The van der Waals surface area contributed by atoms with Crippen molar-refractivity contribution in [1.29, 1.82) is 0 Å². The largest absolute Gasteiger partial charge is 0.496 e. The van der Waals surface area contributed by atoms with E-state index in [1.54, 1.807) is 18.4 Å². The van der Waals surface area contributed by atoms with Gasteiger partial charge in [0.05, 0.1) is 12.8 Å². The van der Waals surface area contributed by atoms with Crippen molar-refractivity contribution in [2.24, 2.45) is 10.9 Å². The zero-order valence-corrected chi connectivity index (χ0v) is 22.9. The van der Waals surface area contributed by atoms with E-state index in [-0.39, 0.29) is 11.8 Å². The summed E-state index contributed by atoms with van der Waals surface area (Å²) in [6, 6.07) is 8.33. The molecular formula is C28H39N3O3S. The highest BCUT2D eigenvalue weighted by Gasteiger charge is 2.15. The summed E-state index contributed by atoms with van der Waals surface area (Å²) in [6.07, 6.45) is 2.46. The second-order valence-corrected chi connectivity index (χ2v) is 10.2. The van der Waals surface area contributed by atoms with Crippen LogP contribution in [0.2, 0.25) is 0 Å². The molecule has 2 amide bonds. The molecule has 0 aliphatic rings. The minimum atomic E-state index is -0.231. The number of nitrogens with one attached hydrogen (secondary N) is 2. The Morgan fingerprint density at radius 3 is 2.40 bits per heavy atom. The monoisotopic (exact) mass is 497 g/mol. The van der Waals surface area contributed by atoms with Crippen molar-refractivity contribution < 1.29 is 14.3 Å². The Bertz CT molecular complexity index is 1070. The summed E-state index contributed by atoms with van der Waals surface area (Å²) in [6.45, 7) is 12.6. The third-order valence-electron chi connectivity index (χ3n) is 5.70. The number of benzene rings is 1. The highest BCUT2D eigenvalue weighted by molar-refractivity contribution is 7.12. The zero-order valence-electron chi connectivity index (χ0n) is 22.1. The lowest BCUT2D eigenvalue weighted by Gasteiger charge is -2.16. The average Bonchev–Trinajstić information content (AvgIpc) is 3.34. The van der Waals surface area contributed by atoms with E-state index in [4.69, 9.17) is 9.73 Å². The Morgan fingerprint density at radius 2 is 1.80 bits per heavy atom. The number of amides is 2. The van der Waals surface area contributed by atoms with Crippen molar-refractivity contribution in [2.75, 3.05) is 20.2 Å². The number of ether oxygens (including phenoxy) is 1. The van der Waals surface area contributed by atoms with E-state index in [9.17, 15) is 9.59 Å². The standard InChI is InChI=1S/C28H39N3O3S/c1-18(2)15-24-16-20(4)23(17-25(24)34-7)11-10-19(3)27(28(33)30-13-12-29-22(6)32)31-21(5)26-9-8-14-35-26/h8-9,14,16-18H,10-13,15H2,1-7H3,(H,29,32)(H,30,33)/b27-19+,31-21?. The Balaban J connectivity index is 2.27. The molecule has 0 bridgehead atoms. The van der Waals surface area contributed by atoms with E-state index >= 15 is 0 Å². The van der Waals surface area contributed by atoms with Gasteiger partial charge in [0.1, 0.15) is 11.4 Å². The number of nitrogens with zero attached hydrogens (tertiary/aromatic N) is 1. The van der Waals surface area contributed by atoms with Crippen LogP contribution in [0.4, 0.5) is 0 Å². The molecule has 7 heteroatoms. The summed E-state index contributed by atoms with van der Waals surface area (Å²) in [5.74, 6) is 1.12. The van der Waals surface area contributed by atoms with Crippen LogP contribution in [-0.4, -0.2) is 37.7 Å². The van der Waals surface area contributed by atoms with Gasteiger partial charge in [-0.05, 0) is 85.7 Å². The molecule has 1 aromatic carbocycles. The Hall–Kier alpha value is -2.93. The van der Waals surface area contributed by atoms with E-state index < -0.39 is 0 Å². The first-order valence-electron chi connectivity index (χ1n) is 12.1. The van der Waals surface area contributed by atoms with Gasteiger partial charge in [-0.2, -0.15) is 0 Å². The predicted molar refractivity (Wildman–Crippen MR) is 146 cm³/mol. The lowest BCUT2D eigenvalue weighted by molar-refractivity contribution is -0.120. The molecule has 35 heavy (non-hydrogen) atoms. The van der Waals surface area contributed by atoms with Crippen LogP contribution in [0.25, 0.3) is 0 Å². The third kappa shape index (κ3) is 8.98. The molecule has 0 fully saturated rings. The highest BCUT2D eigenvalue weighted by atomic mass is 32.1. The van der Waals surface area contributed by atoms with Gasteiger partial charge in [-0.1, -0.05) is 26.0 Å². The van der Waals surface area contributed by atoms with E-state index in [0.717, 1.165) is 34.8 Å². The van der Waals surface area contributed by atoms with Gasteiger partial charge in [0.15, 0.2) is 0 Å². The first-order chi connectivity index (χ1) is 16.6. The van der Waals surface area contributed by atoms with Crippen LogP contribution in [0.15, 0.2) is 45.9 Å². The fourth-order valence-corrected chi connectivity index (χ4v) is 4.51. The summed E-state index contributed by atoms with van der Waals surface area (Å²) in [4.78, 5) is 29.9. The van der Waals surface area contributed by atoms with Crippen LogP contribution >= 0.6 is 11.3 Å². The molecule has 0 saturated heterocycles. The van der Waals surface area contributed by atoms with Crippen molar-refractivity contribution in [1.82, 2.24) is 10.6 Å². The number of thiophene rings is 1. The maximum absolute atomic E-state index is 13.1. The van der Waals surface area contributed by atoms with Gasteiger partial charge in [0, 0.05) is 24.9 Å². The van der Waals surface area contributed by atoms with Gasteiger partial charge in [-0.25, -0.2) is 4.99 Å². The Kier molecular flexibility index (Phi) is 11.2. The number of hydrogen-bond acceptors (Lipinski definition) is 5. The summed E-state index contributed by atoms with van der Waals surface area (Å²) in [7, 11) is 1.72. The van der Waals surface area contributed by atoms with Crippen LogP contribution in [0, 0.1) is 12.8 Å². The molecule has 0 aliphatic carbocycles. The van der Waals surface area contributed by atoms with E-state index in [1.807, 2.05) is 31.4 Å². The highest BCUT2D eigenvalue weighted by Crippen LogP contribution is 2.28. The number of aryl methyl sites for hydroxylation is 2. The Labute approximate surface area is 213 Å². The molecule has 0 saturated carbocycles. The van der Waals surface area contributed by atoms with Crippen LogP contribution in [0.5, 0.6) is 5.75 Å². The normalized spacial score (nSPS) is 12.4. The molecule has 1 aromatic heterocycles. The minimum absolute atomic E-state index is 0.122. The van der Waals surface area contributed by atoms with Crippen LogP contribution in [-0.2, 0) is 22.4 Å². The first-order valence-corrected chi connectivity index (χ1v) is 13.0. The van der Waals surface area contributed by atoms with Gasteiger partial charge in [-0.15, -0.1) is 11.3 Å². The first kappa shape index (κ1) is 28.3. The molecule has 0 aliphatic heterocycles. The SMILES string of the molecule is COc1cc(CC/C(C)=C(/N=C(C)c2cccs2)C(=O)NCCNC(C)=O)c(C)cc1CC(C)C. The summed E-state index contributed by atoms with van der Waals surface area (Å²) >= 11 is 1.60. The quantitative estimate of drug-likeness (QED) is 0.239. The summed E-state index contributed by atoms with van der Waals surface area (Å²) in [5.41, 5.74) is 5.82. The molecule has 0 atom stereocenters. The number of carbonyl (C=O) groups is 2. The van der Waals surface area contributed by atoms with Crippen molar-refractivity contribution in [3.63, 3.8) is 0 Å². The molecular weight excluding hydrogens is 458 g/mol. The van der Waals surface area contributed by atoms with Crippen LogP contribution in [0.1, 0.15) is 62.6 Å². The van der Waals surface area contributed by atoms with Gasteiger partial charge >= 0.3 is 0 Å². The van der Waals surface area contributed by atoms with Gasteiger partial charge in [-0.3, -0.25) is 9.59 Å². The topological polar surface area (TPSA) is 79.8 Å². The number of carbonyl (C=O) groups excluding carboxylic acids is 2. The minimum Gasteiger partial charge on any atom is -0.496 e. The fourth-order valence-electron chi connectivity index (χ4n) is 3.83.